The van der Waals surface area contributed by atoms with Gasteiger partial charge in [-0.25, -0.2) is 9.97 Å². The number of hydrogen-bond donors (Lipinski definition) is 2. The van der Waals surface area contributed by atoms with Crippen molar-refractivity contribution in [2.45, 2.75) is 13.0 Å². The van der Waals surface area contributed by atoms with Crippen molar-refractivity contribution >= 4 is 11.5 Å². The van der Waals surface area contributed by atoms with Gasteiger partial charge in [0.2, 0.25) is 11.2 Å². The molecule has 4 aromatic rings. The first-order valence-electron chi connectivity index (χ1n) is 7.63. The van der Waals surface area contributed by atoms with Crippen LogP contribution in [0, 0.1) is 0 Å². The van der Waals surface area contributed by atoms with Gasteiger partial charge >= 0.3 is 0 Å². The second kappa shape index (κ2) is 6.11. The van der Waals surface area contributed by atoms with Crippen LogP contribution in [-0.2, 0) is 0 Å². The Morgan fingerprint density at radius 3 is 2.92 bits per heavy atom. The fraction of sp³-hybridized carbons (Fsp3) is 0.125. The van der Waals surface area contributed by atoms with Gasteiger partial charge in [-0.05, 0) is 18.6 Å². The van der Waals surface area contributed by atoms with E-state index in [1.165, 1.54) is 0 Å². The van der Waals surface area contributed by atoms with Crippen LogP contribution >= 0.6 is 0 Å². The maximum absolute atomic E-state index is 11.5. The molecule has 0 aromatic carbocycles. The van der Waals surface area contributed by atoms with E-state index in [1.807, 2.05) is 13.0 Å². The summed E-state index contributed by atoms with van der Waals surface area (Å²) in [5, 5.41) is 11.7. The Kier molecular flexibility index (Phi) is 3.65. The Labute approximate surface area is 141 Å². The fourth-order valence-corrected chi connectivity index (χ4v) is 2.54. The lowest BCUT2D eigenvalue weighted by molar-refractivity contribution is 0.865. The predicted molar refractivity (Wildman–Crippen MR) is 90.9 cm³/mol. The summed E-state index contributed by atoms with van der Waals surface area (Å²) in [6.45, 7) is 1.94. The van der Waals surface area contributed by atoms with Gasteiger partial charge in [-0.3, -0.25) is 14.2 Å². The molecule has 0 fully saturated rings. The molecule has 9 heteroatoms. The number of hydrogen-bond acceptors (Lipinski definition) is 7. The molecule has 4 aromatic heterocycles. The van der Waals surface area contributed by atoms with Crippen molar-refractivity contribution < 1.29 is 0 Å². The maximum Gasteiger partial charge on any atom is 0.248 e. The highest BCUT2D eigenvalue weighted by Crippen LogP contribution is 2.22. The van der Waals surface area contributed by atoms with Crippen molar-refractivity contribution in [1.29, 1.82) is 0 Å². The van der Waals surface area contributed by atoms with Crippen molar-refractivity contribution in [2.24, 2.45) is 0 Å². The van der Waals surface area contributed by atoms with E-state index in [4.69, 9.17) is 0 Å². The largest absolute Gasteiger partial charge is 0.360 e. The maximum atomic E-state index is 11.5. The molecule has 0 spiro atoms. The molecule has 1 unspecified atom stereocenters. The van der Waals surface area contributed by atoms with Gasteiger partial charge in [-0.2, -0.15) is 0 Å². The zero-order valence-corrected chi connectivity index (χ0v) is 13.3. The van der Waals surface area contributed by atoms with Crippen molar-refractivity contribution in [3.8, 4) is 11.5 Å². The predicted octanol–water partition coefficient (Wildman–Crippen LogP) is 1.44. The zero-order chi connectivity index (χ0) is 17.2. The fourth-order valence-electron chi connectivity index (χ4n) is 2.54. The molecule has 0 radical (unpaired) electrons. The summed E-state index contributed by atoms with van der Waals surface area (Å²) in [4.78, 5) is 26.7. The molecule has 4 heterocycles. The van der Waals surface area contributed by atoms with Crippen LogP contribution in [-0.4, -0.2) is 34.5 Å². The minimum atomic E-state index is -0.148. The summed E-state index contributed by atoms with van der Waals surface area (Å²) < 4.78 is 1.80. The van der Waals surface area contributed by atoms with E-state index >= 15 is 0 Å². The molecule has 25 heavy (non-hydrogen) atoms. The number of H-pyrrole nitrogens is 1. The lowest BCUT2D eigenvalue weighted by Crippen LogP contribution is -2.13. The van der Waals surface area contributed by atoms with Gasteiger partial charge in [0.05, 0.1) is 12.2 Å². The Bertz CT molecular complexity index is 1070. The molecule has 4 rings (SSSR count). The number of aromatic nitrogens is 7. The molecule has 0 saturated carbocycles. The summed E-state index contributed by atoms with van der Waals surface area (Å²) in [6.07, 6.45) is 9.87. The van der Waals surface area contributed by atoms with Gasteiger partial charge in [-0.15, -0.1) is 10.2 Å². The first-order valence-corrected chi connectivity index (χ1v) is 7.63. The van der Waals surface area contributed by atoms with Crippen LogP contribution in [0.5, 0.6) is 0 Å². The van der Waals surface area contributed by atoms with Crippen molar-refractivity contribution in [3.63, 3.8) is 0 Å². The standard InChI is InChI=1S/C16H14N8O/c1-10(11-2-3-19-13(25)8-11)21-14-16-23-22-15(24(16)7-6-20-14)12-9-17-4-5-18-12/h2-10H,1H3,(H,19,25)(H,20,21). The molecular weight excluding hydrogens is 320 g/mol. The first-order chi connectivity index (χ1) is 12.2. The van der Waals surface area contributed by atoms with Crippen LogP contribution in [0.4, 0.5) is 5.82 Å². The van der Waals surface area contributed by atoms with Crippen LogP contribution in [0.1, 0.15) is 18.5 Å². The molecule has 2 N–H and O–H groups in total. The summed E-state index contributed by atoms with van der Waals surface area (Å²) in [7, 11) is 0. The topological polar surface area (TPSA) is 114 Å². The lowest BCUT2D eigenvalue weighted by Gasteiger charge is -2.14. The van der Waals surface area contributed by atoms with Gasteiger partial charge in [0, 0.05) is 37.1 Å². The third-order valence-corrected chi connectivity index (χ3v) is 3.77. The molecule has 124 valence electrons. The molecule has 0 saturated heterocycles. The molecule has 0 aliphatic rings. The molecule has 0 amide bonds. The Hall–Kier alpha value is -3.62. The second-order valence-corrected chi connectivity index (χ2v) is 5.44. The van der Waals surface area contributed by atoms with Crippen molar-refractivity contribution in [3.05, 3.63) is 65.2 Å². The second-order valence-electron chi connectivity index (χ2n) is 5.44. The molecule has 0 aliphatic heterocycles. The quantitative estimate of drug-likeness (QED) is 0.580. The van der Waals surface area contributed by atoms with E-state index in [9.17, 15) is 4.79 Å². The van der Waals surface area contributed by atoms with Gasteiger partial charge in [0.15, 0.2) is 11.6 Å². The van der Waals surface area contributed by atoms with Gasteiger partial charge in [-0.1, -0.05) is 0 Å². The normalized spacial score (nSPS) is 12.2. The Balaban J connectivity index is 1.71. The average Bonchev–Trinajstić information content (AvgIpc) is 3.07. The first kappa shape index (κ1) is 14.9. The third kappa shape index (κ3) is 2.82. The molecule has 9 nitrogen and oxygen atoms in total. The van der Waals surface area contributed by atoms with Gasteiger partial charge < -0.3 is 10.3 Å². The SMILES string of the molecule is CC(Nc1nccn2c(-c3cnccn3)nnc12)c1cc[nH]c(=O)c1. The van der Waals surface area contributed by atoms with E-state index in [0.717, 1.165) is 5.56 Å². The number of anilines is 1. The van der Waals surface area contributed by atoms with Crippen molar-refractivity contribution in [2.75, 3.05) is 5.32 Å². The van der Waals surface area contributed by atoms with Crippen LogP contribution in [0.15, 0.2) is 54.1 Å². The summed E-state index contributed by atoms with van der Waals surface area (Å²) in [5.41, 5.74) is 1.89. The average molecular weight is 334 g/mol. The zero-order valence-electron chi connectivity index (χ0n) is 13.3. The highest BCUT2D eigenvalue weighted by Gasteiger charge is 2.15. The van der Waals surface area contributed by atoms with Crippen molar-refractivity contribution in [1.82, 2.24) is 34.5 Å². The highest BCUT2D eigenvalue weighted by atomic mass is 16.1. The summed E-state index contributed by atoms with van der Waals surface area (Å²) >= 11 is 0. The highest BCUT2D eigenvalue weighted by molar-refractivity contribution is 5.66. The number of fused-ring (bicyclic) bond motifs is 1. The minimum Gasteiger partial charge on any atom is -0.360 e. The van der Waals surface area contributed by atoms with Gasteiger partial charge in [0.1, 0.15) is 5.69 Å². The summed E-state index contributed by atoms with van der Waals surface area (Å²) in [6, 6.07) is 3.26. The van der Waals surface area contributed by atoms with E-state index < -0.39 is 0 Å². The monoisotopic (exact) mass is 334 g/mol. The van der Waals surface area contributed by atoms with Crippen LogP contribution < -0.4 is 10.9 Å². The van der Waals surface area contributed by atoms with Gasteiger partial charge in [0.25, 0.3) is 0 Å². The van der Waals surface area contributed by atoms with Crippen LogP contribution in [0.2, 0.25) is 0 Å². The van der Waals surface area contributed by atoms with Crippen LogP contribution in [0.3, 0.4) is 0 Å². The third-order valence-electron chi connectivity index (χ3n) is 3.77. The molecular formula is C16H14N8O. The minimum absolute atomic E-state index is 0.127. The van der Waals surface area contributed by atoms with Crippen LogP contribution in [0.25, 0.3) is 17.2 Å². The molecule has 0 aliphatic carbocycles. The lowest BCUT2D eigenvalue weighted by atomic mass is 10.1. The number of rotatable bonds is 4. The molecule has 0 bridgehead atoms. The van der Waals surface area contributed by atoms with E-state index in [1.54, 1.807) is 47.6 Å². The van der Waals surface area contributed by atoms with E-state index in [0.29, 0.717) is 23.0 Å². The smallest absolute Gasteiger partial charge is 0.248 e. The summed E-state index contributed by atoms with van der Waals surface area (Å²) in [5.74, 6) is 1.15. The number of pyridine rings is 1. The number of nitrogens with zero attached hydrogens (tertiary/aromatic N) is 6. The number of nitrogens with one attached hydrogen (secondary N) is 2. The molecule has 1 atom stereocenters. The Morgan fingerprint density at radius 1 is 1.20 bits per heavy atom. The number of aromatic amines is 1. The Morgan fingerprint density at radius 2 is 2.12 bits per heavy atom. The van der Waals surface area contributed by atoms with E-state index in [2.05, 4.69) is 35.5 Å². The van der Waals surface area contributed by atoms with E-state index in [-0.39, 0.29) is 11.6 Å².